The van der Waals surface area contributed by atoms with Gasteiger partial charge in [0.25, 0.3) is 0 Å². The number of hydrogen-bond donors (Lipinski definition) is 1. The van der Waals surface area contributed by atoms with Gasteiger partial charge in [-0.25, -0.2) is 0 Å². The zero-order valence-electron chi connectivity index (χ0n) is 14.9. The van der Waals surface area contributed by atoms with Crippen molar-refractivity contribution in [2.24, 2.45) is 0 Å². The van der Waals surface area contributed by atoms with Crippen molar-refractivity contribution in [3.63, 3.8) is 0 Å². The van der Waals surface area contributed by atoms with E-state index >= 15 is 0 Å². The quantitative estimate of drug-likeness (QED) is 0.402. The molecule has 0 aromatic carbocycles. The van der Waals surface area contributed by atoms with Crippen LogP contribution in [0.2, 0.25) is 0 Å². The SMILES string of the molecule is CC[N-]CCN1CCOCC1.CNCCN1CCOCC1.[K+]. The van der Waals surface area contributed by atoms with Crippen LogP contribution in [-0.4, -0.2) is 102 Å². The fourth-order valence-electron chi connectivity index (χ4n) is 2.29. The van der Waals surface area contributed by atoms with Crippen molar-refractivity contribution in [1.29, 1.82) is 0 Å². The molecule has 2 fully saturated rings. The standard InChI is InChI=1S/C8H17N2O.C7H16N2O.K/c1-2-9-3-4-10-5-7-11-8-6-10;1-8-2-3-9-4-6-10-7-5-9;/h2-8H2,1H3;8H,2-7H2,1H3;/q-1;;+1. The Hall–Kier alpha value is 1.40. The van der Waals surface area contributed by atoms with E-state index in [-0.39, 0.29) is 51.4 Å². The Balaban J connectivity index is 0.000000385. The summed E-state index contributed by atoms with van der Waals surface area (Å²) in [6.45, 7) is 15.3. The Morgan fingerprint density at radius 1 is 0.909 bits per heavy atom. The molecule has 0 bridgehead atoms. The van der Waals surface area contributed by atoms with Gasteiger partial charge in [-0.05, 0) is 13.6 Å². The van der Waals surface area contributed by atoms with Crippen molar-refractivity contribution < 1.29 is 60.9 Å². The Labute approximate surface area is 179 Å². The molecule has 2 aliphatic heterocycles. The summed E-state index contributed by atoms with van der Waals surface area (Å²) in [5, 5.41) is 7.42. The first kappa shape index (κ1) is 23.4. The van der Waals surface area contributed by atoms with Crippen LogP contribution in [0.15, 0.2) is 0 Å². The fraction of sp³-hybridized carbons (Fsp3) is 1.00. The average Bonchev–Trinajstić information content (AvgIpc) is 2.56. The normalized spacial score (nSPS) is 19.9. The van der Waals surface area contributed by atoms with Crippen LogP contribution in [0.5, 0.6) is 0 Å². The van der Waals surface area contributed by atoms with Crippen molar-refractivity contribution >= 4 is 0 Å². The molecule has 0 aromatic heterocycles. The molecule has 0 amide bonds. The molecule has 6 nitrogen and oxygen atoms in total. The minimum absolute atomic E-state index is 0. The first-order valence-electron chi connectivity index (χ1n) is 8.25. The molecule has 2 aliphatic rings. The molecular formula is C15H33KN4O2. The summed E-state index contributed by atoms with van der Waals surface area (Å²) >= 11 is 0. The summed E-state index contributed by atoms with van der Waals surface area (Å²) in [6, 6.07) is 0. The molecule has 2 saturated heterocycles. The zero-order valence-corrected chi connectivity index (χ0v) is 18.0. The van der Waals surface area contributed by atoms with Crippen LogP contribution in [0.25, 0.3) is 5.32 Å². The van der Waals surface area contributed by atoms with E-state index in [2.05, 4.69) is 27.4 Å². The maximum Gasteiger partial charge on any atom is 1.00 e. The summed E-state index contributed by atoms with van der Waals surface area (Å²) in [4.78, 5) is 4.82. The van der Waals surface area contributed by atoms with Gasteiger partial charge < -0.3 is 25.0 Å². The third-order valence-corrected chi connectivity index (χ3v) is 3.68. The summed E-state index contributed by atoms with van der Waals surface area (Å²) in [7, 11) is 1.99. The van der Waals surface area contributed by atoms with Crippen LogP contribution < -0.4 is 56.7 Å². The van der Waals surface area contributed by atoms with E-state index in [1.165, 1.54) is 0 Å². The summed E-state index contributed by atoms with van der Waals surface area (Å²) in [6.07, 6.45) is 0. The summed E-state index contributed by atoms with van der Waals surface area (Å²) < 4.78 is 10.5. The van der Waals surface area contributed by atoms with Gasteiger partial charge in [0.15, 0.2) is 0 Å². The maximum atomic E-state index is 5.23. The Morgan fingerprint density at radius 3 is 1.86 bits per heavy atom. The Morgan fingerprint density at radius 2 is 1.41 bits per heavy atom. The van der Waals surface area contributed by atoms with Crippen LogP contribution >= 0.6 is 0 Å². The number of likely N-dealkylation sites (N-methyl/N-ethyl adjacent to an activating group) is 2. The molecular weight excluding hydrogens is 307 g/mol. The van der Waals surface area contributed by atoms with Gasteiger partial charge in [-0.3, -0.25) is 4.90 Å². The molecule has 1 N–H and O–H groups in total. The second kappa shape index (κ2) is 17.2. The zero-order chi connectivity index (χ0) is 15.2. The molecule has 0 spiro atoms. The van der Waals surface area contributed by atoms with Gasteiger partial charge >= 0.3 is 51.4 Å². The van der Waals surface area contributed by atoms with Gasteiger partial charge in [-0.15, -0.1) is 6.54 Å². The van der Waals surface area contributed by atoms with Gasteiger partial charge in [-0.2, -0.15) is 6.54 Å². The predicted molar refractivity (Wildman–Crippen MR) is 87.2 cm³/mol. The molecule has 0 unspecified atom stereocenters. The minimum Gasteiger partial charge on any atom is -0.661 e. The van der Waals surface area contributed by atoms with Crippen molar-refractivity contribution in [2.45, 2.75) is 6.92 Å². The molecule has 0 saturated carbocycles. The van der Waals surface area contributed by atoms with Crippen LogP contribution in [0.1, 0.15) is 6.92 Å². The Kier molecular flexibility index (Phi) is 18.3. The minimum atomic E-state index is 0. The number of rotatable bonds is 7. The third-order valence-electron chi connectivity index (χ3n) is 3.68. The van der Waals surface area contributed by atoms with E-state index < -0.39 is 0 Å². The second-order valence-electron chi connectivity index (χ2n) is 5.28. The maximum absolute atomic E-state index is 5.23. The number of nitrogens with one attached hydrogen (secondary N) is 1. The van der Waals surface area contributed by atoms with Gasteiger partial charge in [0.2, 0.25) is 0 Å². The first-order chi connectivity index (χ1) is 10.4. The largest absolute Gasteiger partial charge is 1.00 e. The van der Waals surface area contributed by atoms with Crippen LogP contribution in [0.3, 0.4) is 0 Å². The second-order valence-corrected chi connectivity index (χ2v) is 5.28. The molecule has 7 heteroatoms. The molecule has 0 aliphatic carbocycles. The summed E-state index contributed by atoms with van der Waals surface area (Å²) in [5.41, 5.74) is 0. The smallest absolute Gasteiger partial charge is 0.661 e. The van der Waals surface area contributed by atoms with E-state index in [0.717, 1.165) is 85.3 Å². The molecule has 2 rings (SSSR count). The van der Waals surface area contributed by atoms with Gasteiger partial charge in [0.1, 0.15) is 0 Å². The Bertz CT molecular complexity index is 226. The van der Waals surface area contributed by atoms with Crippen LogP contribution in [-0.2, 0) is 9.47 Å². The van der Waals surface area contributed by atoms with Crippen LogP contribution in [0, 0.1) is 0 Å². The van der Waals surface area contributed by atoms with E-state index in [0.29, 0.717) is 0 Å². The third kappa shape index (κ3) is 12.8. The number of morpholine rings is 2. The molecule has 2 heterocycles. The molecule has 0 atom stereocenters. The van der Waals surface area contributed by atoms with Gasteiger partial charge in [0, 0.05) is 39.3 Å². The van der Waals surface area contributed by atoms with E-state index in [1.807, 2.05) is 7.05 Å². The van der Waals surface area contributed by atoms with Gasteiger partial charge in [-0.1, -0.05) is 6.92 Å². The summed E-state index contributed by atoms with van der Waals surface area (Å²) in [5.74, 6) is 0. The molecule has 22 heavy (non-hydrogen) atoms. The van der Waals surface area contributed by atoms with Crippen molar-refractivity contribution in [2.75, 3.05) is 92.4 Å². The van der Waals surface area contributed by atoms with E-state index in [1.54, 1.807) is 0 Å². The topological polar surface area (TPSA) is 51.1 Å². The van der Waals surface area contributed by atoms with Gasteiger partial charge in [0.05, 0.1) is 26.4 Å². The number of ether oxygens (including phenoxy) is 2. The molecule has 126 valence electrons. The van der Waals surface area contributed by atoms with Crippen molar-refractivity contribution in [3.8, 4) is 0 Å². The fourth-order valence-corrected chi connectivity index (χ4v) is 2.29. The monoisotopic (exact) mass is 340 g/mol. The number of hydrogen-bond acceptors (Lipinski definition) is 5. The number of nitrogens with zero attached hydrogens (tertiary/aromatic N) is 3. The average molecular weight is 341 g/mol. The molecule has 0 radical (unpaired) electrons. The molecule has 0 aromatic rings. The van der Waals surface area contributed by atoms with Crippen molar-refractivity contribution in [3.05, 3.63) is 5.32 Å². The van der Waals surface area contributed by atoms with Crippen LogP contribution in [0.4, 0.5) is 0 Å². The van der Waals surface area contributed by atoms with Crippen molar-refractivity contribution in [1.82, 2.24) is 15.1 Å². The van der Waals surface area contributed by atoms with E-state index in [4.69, 9.17) is 9.47 Å². The van der Waals surface area contributed by atoms with E-state index in [9.17, 15) is 0 Å². The first-order valence-corrected chi connectivity index (χ1v) is 8.25. The predicted octanol–water partition coefficient (Wildman–Crippen LogP) is -2.75.